The highest BCUT2D eigenvalue weighted by Gasteiger charge is 2.25. The molecule has 0 aliphatic heterocycles. The van der Waals surface area contributed by atoms with Gasteiger partial charge in [0, 0.05) is 24.6 Å². The second-order valence-corrected chi connectivity index (χ2v) is 4.95. The molecule has 0 heterocycles. The van der Waals surface area contributed by atoms with Crippen molar-refractivity contribution < 1.29 is 9.59 Å². The highest BCUT2D eigenvalue weighted by Crippen LogP contribution is 2.27. The predicted octanol–water partition coefficient (Wildman–Crippen LogP) is 2.45. The topological polar surface area (TPSA) is 58.2 Å². The van der Waals surface area contributed by atoms with Crippen LogP contribution in [0.2, 0.25) is 0 Å². The van der Waals surface area contributed by atoms with Crippen molar-refractivity contribution in [1.82, 2.24) is 5.32 Å². The van der Waals surface area contributed by atoms with Crippen LogP contribution in [-0.2, 0) is 16.1 Å². The van der Waals surface area contributed by atoms with Gasteiger partial charge in [-0.3, -0.25) is 9.59 Å². The molecule has 0 unspecified atom stereocenters. The van der Waals surface area contributed by atoms with E-state index in [2.05, 4.69) is 10.6 Å². The number of carbonyl (C=O) groups excluding carboxylic acids is 2. The lowest BCUT2D eigenvalue weighted by Crippen LogP contribution is -2.28. The van der Waals surface area contributed by atoms with Crippen LogP contribution >= 0.6 is 0 Å². The van der Waals surface area contributed by atoms with E-state index in [9.17, 15) is 9.59 Å². The summed E-state index contributed by atoms with van der Waals surface area (Å²) in [6, 6.07) is 7.62. The van der Waals surface area contributed by atoms with E-state index in [0.717, 1.165) is 30.5 Å². The first-order valence-electron chi connectivity index (χ1n) is 6.85. The number of hydrogen-bond acceptors (Lipinski definition) is 2. The van der Waals surface area contributed by atoms with Gasteiger partial charge >= 0.3 is 0 Å². The van der Waals surface area contributed by atoms with E-state index in [1.54, 1.807) is 0 Å². The molecule has 102 valence electrons. The molecule has 2 amide bonds. The summed E-state index contributed by atoms with van der Waals surface area (Å²) in [5.74, 6) is 0.327. The fourth-order valence-electron chi connectivity index (χ4n) is 2.00. The second-order valence-electron chi connectivity index (χ2n) is 4.95. The van der Waals surface area contributed by atoms with Crippen molar-refractivity contribution in [3.05, 3.63) is 29.8 Å². The Morgan fingerprint density at radius 3 is 2.74 bits per heavy atom. The first-order valence-corrected chi connectivity index (χ1v) is 6.85. The SMILES string of the molecule is CCC(=O)NCc1cccc(NC(=O)C2CCC2)c1. The zero-order chi connectivity index (χ0) is 13.7. The molecule has 0 atom stereocenters. The third-order valence-electron chi connectivity index (χ3n) is 3.48. The first-order chi connectivity index (χ1) is 9.19. The largest absolute Gasteiger partial charge is 0.352 e. The summed E-state index contributed by atoms with van der Waals surface area (Å²) in [6.07, 6.45) is 3.63. The third kappa shape index (κ3) is 3.81. The van der Waals surface area contributed by atoms with E-state index < -0.39 is 0 Å². The summed E-state index contributed by atoms with van der Waals surface area (Å²) in [5, 5.41) is 5.76. The van der Waals surface area contributed by atoms with Crippen LogP contribution < -0.4 is 10.6 Å². The summed E-state index contributed by atoms with van der Waals surface area (Å²) >= 11 is 0. The van der Waals surface area contributed by atoms with Gasteiger partial charge in [0.25, 0.3) is 0 Å². The molecule has 1 fully saturated rings. The molecule has 0 radical (unpaired) electrons. The molecule has 19 heavy (non-hydrogen) atoms. The van der Waals surface area contributed by atoms with Crippen LogP contribution in [0.5, 0.6) is 0 Å². The lowest BCUT2D eigenvalue weighted by atomic mass is 9.85. The molecule has 2 rings (SSSR count). The Morgan fingerprint density at radius 2 is 2.11 bits per heavy atom. The predicted molar refractivity (Wildman–Crippen MR) is 74.6 cm³/mol. The number of benzene rings is 1. The molecule has 0 spiro atoms. The Morgan fingerprint density at radius 1 is 1.32 bits per heavy atom. The molecule has 2 N–H and O–H groups in total. The van der Waals surface area contributed by atoms with E-state index in [4.69, 9.17) is 0 Å². The minimum absolute atomic E-state index is 0.0314. The van der Waals surface area contributed by atoms with Crippen LogP contribution in [0, 0.1) is 5.92 Å². The number of anilines is 1. The second kappa shape index (κ2) is 6.36. The standard InChI is InChI=1S/C15H20N2O2/c1-2-14(18)16-10-11-5-3-8-13(9-11)17-15(19)12-6-4-7-12/h3,5,8-9,12H,2,4,6-7,10H2,1H3,(H,16,18)(H,17,19). The van der Waals surface area contributed by atoms with Crippen LogP contribution in [0.3, 0.4) is 0 Å². The molecule has 1 aromatic carbocycles. The highest BCUT2D eigenvalue weighted by atomic mass is 16.2. The number of hydrogen-bond donors (Lipinski definition) is 2. The average Bonchev–Trinajstić information content (AvgIpc) is 2.34. The Bertz CT molecular complexity index is 467. The van der Waals surface area contributed by atoms with Crippen molar-refractivity contribution in [2.45, 2.75) is 39.2 Å². The Balaban J connectivity index is 1.90. The fraction of sp³-hybridized carbons (Fsp3) is 0.467. The van der Waals surface area contributed by atoms with Crippen molar-refractivity contribution >= 4 is 17.5 Å². The molecule has 1 aliphatic rings. The van der Waals surface area contributed by atoms with Gasteiger partial charge in [-0.2, -0.15) is 0 Å². The molecule has 4 heteroatoms. The number of rotatable bonds is 5. The van der Waals surface area contributed by atoms with Crippen molar-refractivity contribution in [3.8, 4) is 0 Å². The van der Waals surface area contributed by atoms with Crippen LogP contribution in [0.1, 0.15) is 38.2 Å². The Kier molecular flexibility index (Phi) is 4.55. The summed E-state index contributed by atoms with van der Waals surface area (Å²) in [4.78, 5) is 23.0. The van der Waals surface area contributed by atoms with E-state index >= 15 is 0 Å². The van der Waals surface area contributed by atoms with Gasteiger partial charge in [0.15, 0.2) is 0 Å². The minimum atomic E-state index is 0.0314. The molecule has 0 saturated heterocycles. The molecular formula is C15H20N2O2. The number of nitrogens with one attached hydrogen (secondary N) is 2. The van der Waals surface area contributed by atoms with E-state index in [1.807, 2.05) is 31.2 Å². The van der Waals surface area contributed by atoms with E-state index in [1.165, 1.54) is 0 Å². The summed E-state index contributed by atoms with van der Waals surface area (Å²) in [6.45, 7) is 2.32. The Hall–Kier alpha value is -1.84. The molecule has 1 aliphatic carbocycles. The third-order valence-corrected chi connectivity index (χ3v) is 3.48. The normalized spacial score (nSPS) is 14.6. The Labute approximate surface area is 113 Å². The maximum absolute atomic E-state index is 11.8. The van der Waals surface area contributed by atoms with E-state index in [0.29, 0.717) is 13.0 Å². The number of carbonyl (C=O) groups is 2. The smallest absolute Gasteiger partial charge is 0.227 e. The molecule has 1 saturated carbocycles. The lowest BCUT2D eigenvalue weighted by molar-refractivity contribution is -0.122. The van der Waals surface area contributed by atoms with Crippen molar-refractivity contribution in [1.29, 1.82) is 0 Å². The first kappa shape index (κ1) is 13.6. The maximum atomic E-state index is 11.8. The van der Waals surface area contributed by atoms with Crippen LogP contribution in [0.15, 0.2) is 24.3 Å². The van der Waals surface area contributed by atoms with Gasteiger partial charge in [0.2, 0.25) is 11.8 Å². The molecular weight excluding hydrogens is 240 g/mol. The van der Waals surface area contributed by atoms with Gasteiger partial charge in [-0.15, -0.1) is 0 Å². The van der Waals surface area contributed by atoms with E-state index in [-0.39, 0.29) is 17.7 Å². The van der Waals surface area contributed by atoms with Crippen molar-refractivity contribution in [3.63, 3.8) is 0 Å². The lowest BCUT2D eigenvalue weighted by Gasteiger charge is -2.24. The zero-order valence-electron chi connectivity index (χ0n) is 11.2. The molecule has 1 aromatic rings. The zero-order valence-corrected chi connectivity index (χ0v) is 11.2. The van der Waals surface area contributed by atoms with Gasteiger partial charge in [-0.25, -0.2) is 0 Å². The van der Waals surface area contributed by atoms with Crippen LogP contribution in [-0.4, -0.2) is 11.8 Å². The van der Waals surface area contributed by atoms with Gasteiger partial charge in [0.05, 0.1) is 0 Å². The van der Waals surface area contributed by atoms with Gasteiger partial charge in [-0.1, -0.05) is 25.5 Å². The fourth-order valence-corrected chi connectivity index (χ4v) is 2.00. The van der Waals surface area contributed by atoms with Crippen LogP contribution in [0.4, 0.5) is 5.69 Å². The molecule has 0 aromatic heterocycles. The van der Waals surface area contributed by atoms with Crippen molar-refractivity contribution in [2.75, 3.05) is 5.32 Å². The monoisotopic (exact) mass is 260 g/mol. The molecule has 4 nitrogen and oxygen atoms in total. The molecule has 0 bridgehead atoms. The summed E-state index contributed by atoms with van der Waals surface area (Å²) < 4.78 is 0. The average molecular weight is 260 g/mol. The maximum Gasteiger partial charge on any atom is 0.227 e. The van der Waals surface area contributed by atoms with Gasteiger partial charge in [-0.05, 0) is 30.5 Å². The highest BCUT2D eigenvalue weighted by molar-refractivity contribution is 5.93. The van der Waals surface area contributed by atoms with Crippen LogP contribution in [0.25, 0.3) is 0 Å². The summed E-state index contributed by atoms with van der Waals surface area (Å²) in [5.41, 5.74) is 1.80. The summed E-state index contributed by atoms with van der Waals surface area (Å²) in [7, 11) is 0. The number of amides is 2. The van der Waals surface area contributed by atoms with Crippen molar-refractivity contribution in [2.24, 2.45) is 5.92 Å². The van der Waals surface area contributed by atoms with Gasteiger partial charge < -0.3 is 10.6 Å². The quantitative estimate of drug-likeness (QED) is 0.854. The van der Waals surface area contributed by atoms with Gasteiger partial charge in [0.1, 0.15) is 0 Å². The minimum Gasteiger partial charge on any atom is -0.352 e.